The molecule has 0 saturated carbocycles. The number of aromatic nitrogens is 1. The first-order valence-electron chi connectivity index (χ1n) is 9.90. The first kappa shape index (κ1) is 21.2. The molecule has 0 radical (unpaired) electrons. The Kier molecular flexibility index (Phi) is 3.02. The normalized spacial score (nSPS) is 47.5. The van der Waals surface area contributed by atoms with Crippen molar-refractivity contribution in [3.8, 4) is 34.9 Å². The summed E-state index contributed by atoms with van der Waals surface area (Å²) in [5.41, 5.74) is -1.82. The van der Waals surface area contributed by atoms with E-state index in [1.807, 2.05) is 0 Å². The number of ether oxygens (including phenoxy) is 1. The first-order valence-corrected chi connectivity index (χ1v) is 14.3. The van der Waals surface area contributed by atoms with Crippen LogP contribution in [0.15, 0.2) is 4.79 Å². The molecular weight excluding hydrogens is 573 g/mol. The fourth-order valence-corrected chi connectivity index (χ4v) is 9.93. The minimum Gasteiger partial charge on any atom is -0.391 e. The van der Waals surface area contributed by atoms with Gasteiger partial charge in [-0.1, -0.05) is 0 Å². The number of fused-ring (bicyclic) bond motifs is 7. The molecule has 19 nitrogen and oxygen atoms in total. The highest BCUT2D eigenvalue weighted by atomic mass is 31.2. The van der Waals surface area contributed by atoms with E-state index in [1.54, 1.807) is 6.07 Å². The van der Waals surface area contributed by atoms with Gasteiger partial charge in [0.15, 0.2) is 17.2 Å². The molecule has 3 unspecified atom stereocenters. The van der Waals surface area contributed by atoms with Gasteiger partial charge >= 0.3 is 35.2 Å². The number of hydrogen-bond acceptors (Lipinski definition) is 18. The lowest BCUT2D eigenvalue weighted by molar-refractivity contribution is -0.381. The maximum atomic E-state index is 14.0. The lowest BCUT2D eigenvalue weighted by atomic mass is 9.97. The number of rotatable bonds is 1. The van der Waals surface area contributed by atoms with Crippen LogP contribution in [0.3, 0.4) is 0 Å². The van der Waals surface area contributed by atoms with Gasteiger partial charge in [-0.05, 0) is 0 Å². The van der Waals surface area contributed by atoms with E-state index in [1.165, 1.54) is 0 Å². The molecule has 9 rings (SSSR count). The minimum atomic E-state index is -5.13. The third-order valence-corrected chi connectivity index (χ3v) is 10.7. The number of phosphoric acid groups is 3. The molecule has 0 amide bonds. The lowest BCUT2D eigenvalue weighted by Crippen LogP contribution is -2.67. The summed E-state index contributed by atoms with van der Waals surface area (Å²) in [5.74, 6) is -16.6. The molecule has 192 valence electrons. The third-order valence-electron chi connectivity index (χ3n) is 6.72. The molecule has 8 heterocycles. The van der Waals surface area contributed by atoms with Gasteiger partial charge in [0.25, 0.3) is 23.0 Å². The predicted molar refractivity (Wildman–Crippen MR) is 102 cm³/mol. The van der Waals surface area contributed by atoms with E-state index in [0.717, 1.165) is 0 Å². The molecule has 2 aromatic rings. The van der Waals surface area contributed by atoms with E-state index in [9.17, 15) is 39.1 Å². The van der Waals surface area contributed by atoms with Gasteiger partial charge in [-0.3, -0.25) is 9.53 Å². The minimum absolute atomic E-state index is 0.224. The number of aliphatic hydroxyl groups is 3. The van der Waals surface area contributed by atoms with Crippen molar-refractivity contribution in [3.63, 3.8) is 0 Å². The average Bonchev–Trinajstić information content (AvgIpc) is 3.44. The van der Waals surface area contributed by atoms with Gasteiger partial charge < -0.3 is 37.9 Å². The first-order chi connectivity index (χ1) is 17.3. The number of nitriles is 1. The highest BCUT2D eigenvalue weighted by Crippen LogP contribution is 2.84. The van der Waals surface area contributed by atoms with Crippen LogP contribution < -0.4 is 28.2 Å². The largest absolute Gasteiger partial charge is 0.648 e. The molecule has 0 aliphatic carbocycles. The smallest absolute Gasteiger partial charge is 0.391 e. The molecule has 3 fully saturated rings. The molecule has 8 bridgehead atoms. The van der Waals surface area contributed by atoms with Crippen molar-refractivity contribution in [3.05, 3.63) is 15.9 Å². The van der Waals surface area contributed by atoms with Gasteiger partial charge in [0, 0.05) is 0 Å². The van der Waals surface area contributed by atoms with E-state index in [4.69, 9.17) is 45.5 Å². The van der Waals surface area contributed by atoms with Crippen molar-refractivity contribution in [2.45, 2.75) is 23.3 Å². The fraction of sp³-hybridized carbons (Fsp3) is 0.333. The van der Waals surface area contributed by atoms with Crippen LogP contribution in [-0.4, -0.2) is 43.9 Å². The van der Waals surface area contributed by atoms with Crippen LogP contribution >= 0.6 is 23.5 Å². The van der Waals surface area contributed by atoms with E-state index in [2.05, 4.69) is 0 Å². The molecule has 3 saturated heterocycles. The van der Waals surface area contributed by atoms with Crippen molar-refractivity contribution in [2.24, 2.45) is 0 Å². The molecule has 7 aliphatic heterocycles. The Morgan fingerprint density at radius 2 is 1.49 bits per heavy atom. The monoisotopic (exact) mass is 578 g/mol. The summed E-state index contributed by atoms with van der Waals surface area (Å²) in [7, 11) is -14.7. The molecule has 22 heteroatoms. The Bertz CT molecular complexity index is 1880. The average molecular weight is 578 g/mol. The maximum absolute atomic E-state index is 14.0. The summed E-state index contributed by atoms with van der Waals surface area (Å²) in [6.45, 7) is -1.41. The van der Waals surface area contributed by atoms with E-state index >= 15 is 0 Å². The van der Waals surface area contributed by atoms with Crippen molar-refractivity contribution in [2.75, 3.05) is 6.61 Å². The molecule has 3 N–H and O–H groups in total. The van der Waals surface area contributed by atoms with Crippen molar-refractivity contribution < 1.29 is 74.5 Å². The Morgan fingerprint density at radius 1 is 0.811 bits per heavy atom. The van der Waals surface area contributed by atoms with Gasteiger partial charge in [0.05, 0.1) is 5.39 Å². The number of aliphatic hydroxyl groups excluding tert-OH is 1. The summed E-state index contributed by atoms with van der Waals surface area (Å²) in [6.07, 6.45) is 0. The number of nitrogens with zero attached hydrogens (tertiary/aromatic N) is 2. The van der Waals surface area contributed by atoms with Gasteiger partial charge in [0.2, 0.25) is 5.75 Å². The summed E-state index contributed by atoms with van der Waals surface area (Å²) in [6, 6.07) is 1.70. The SMILES string of the molecule is N#Cc1c2c3c4c(=O)n(c5c6c4c1OP(=O)(O6)O5)[C@]1(O[C@]4(CO)OP5(=O)O[C@]1(O)[C@]4(O)O5)OP(=O)(O2)O3. The summed E-state index contributed by atoms with van der Waals surface area (Å²) >= 11 is 0. The second kappa shape index (κ2) is 5.25. The highest BCUT2D eigenvalue weighted by molar-refractivity contribution is 7.50. The van der Waals surface area contributed by atoms with Gasteiger partial charge in [-0.15, -0.1) is 0 Å². The van der Waals surface area contributed by atoms with Crippen LogP contribution in [0, 0.1) is 11.3 Å². The molecule has 37 heavy (non-hydrogen) atoms. The molecule has 1 aromatic carbocycles. The second-order valence-corrected chi connectivity index (χ2v) is 12.9. The molecule has 1 spiro atoms. The lowest BCUT2D eigenvalue weighted by Gasteiger charge is -2.39. The predicted octanol–water partition coefficient (Wildman–Crippen LogP) is -0.0542. The highest BCUT2D eigenvalue weighted by Gasteiger charge is 2.98. The van der Waals surface area contributed by atoms with Crippen LogP contribution in [0.5, 0.6) is 28.9 Å². The van der Waals surface area contributed by atoms with E-state index < -0.39 is 98.7 Å². The molecule has 7 aliphatic rings. The zero-order valence-corrected chi connectivity index (χ0v) is 19.7. The van der Waals surface area contributed by atoms with Crippen molar-refractivity contribution >= 4 is 34.2 Å². The number of hydrogen-bond donors (Lipinski definition) is 3. The molecule has 1 aromatic heterocycles. The third kappa shape index (κ3) is 1.81. The molecular formula is C15H5N2O17P3. The van der Waals surface area contributed by atoms with E-state index in [0.29, 0.717) is 0 Å². The molecule has 7 atom stereocenters. The van der Waals surface area contributed by atoms with Crippen LogP contribution in [0.1, 0.15) is 5.56 Å². The summed E-state index contributed by atoms with van der Waals surface area (Å²) in [4.78, 5) is 14.0. The van der Waals surface area contributed by atoms with Crippen molar-refractivity contribution in [1.82, 2.24) is 4.57 Å². The van der Waals surface area contributed by atoms with Gasteiger partial charge in [-0.25, -0.2) is 31.8 Å². The topological polar surface area (TPSA) is 250 Å². The van der Waals surface area contributed by atoms with Crippen LogP contribution in [0.2, 0.25) is 0 Å². The van der Waals surface area contributed by atoms with Crippen LogP contribution in [-0.2, 0) is 42.4 Å². The van der Waals surface area contributed by atoms with Crippen molar-refractivity contribution in [1.29, 1.82) is 5.26 Å². The quantitative estimate of drug-likeness (QED) is 0.375. The summed E-state index contributed by atoms with van der Waals surface area (Å²) in [5, 5.41) is 41.9. The van der Waals surface area contributed by atoms with Crippen LogP contribution in [0.25, 0.3) is 10.8 Å². The Labute approximate surface area is 199 Å². The summed E-state index contributed by atoms with van der Waals surface area (Å²) < 4.78 is 92.3. The fourth-order valence-electron chi connectivity index (χ4n) is 5.35. The Morgan fingerprint density at radius 3 is 2.16 bits per heavy atom. The standard InChI is InChI=1S/C15H5N2O17P3/c16-1-3-6-4-5-8-7(3)26-36(23,27-8)34-15(17(10(5)19)11-9(4)28-35(22,25-6)29-11)14(21)13(20)12(2-18,30-15)31-37(24,32-13)33-14/h18,20-21H,2H2/t12-,13-,14-,15-,35?,36?,37?/m1/s1. The zero-order chi connectivity index (χ0) is 25.8. The number of benzene rings is 1. The van der Waals surface area contributed by atoms with Crippen LogP contribution in [0.4, 0.5) is 0 Å². The Hall–Kier alpha value is -2.71. The zero-order valence-electron chi connectivity index (χ0n) is 17.0. The second-order valence-electron chi connectivity index (χ2n) is 8.55. The Balaban J connectivity index is 1.51. The van der Waals surface area contributed by atoms with Gasteiger partial charge in [0.1, 0.15) is 23.6 Å². The van der Waals surface area contributed by atoms with Gasteiger partial charge in [-0.2, -0.15) is 9.83 Å². The number of phosphoric ester groups is 3. The number of pyridine rings is 1. The van der Waals surface area contributed by atoms with E-state index in [-0.39, 0.29) is 9.95 Å². The maximum Gasteiger partial charge on any atom is 0.648 e.